The molecule has 0 amide bonds. The molecule has 0 unspecified atom stereocenters. The molecule has 0 radical (unpaired) electrons. The van der Waals surface area contributed by atoms with Crippen molar-refractivity contribution >= 4 is 0 Å². The highest BCUT2D eigenvalue weighted by atomic mass is 16.5. The zero-order valence-corrected chi connectivity index (χ0v) is 9.24. The van der Waals surface area contributed by atoms with Gasteiger partial charge in [-0.3, -0.25) is 0 Å². The van der Waals surface area contributed by atoms with Crippen molar-refractivity contribution in [2.24, 2.45) is 0 Å². The van der Waals surface area contributed by atoms with Crippen molar-refractivity contribution in [3.05, 3.63) is 27.8 Å². The number of ether oxygens (including phenoxy) is 1. The summed E-state index contributed by atoms with van der Waals surface area (Å²) in [4.78, 5) is 11.1. The van der Waals surface area contributed by atoms with Gasteiger partial charge in [-0.2, -0.15) is 0 Å². The van der Waals surface area contributed by atoms with Crippen LogP contribution in [0.1, 0.15) is 24.7 Å². The molecule has 1 aromatic heterocycles. The van der Waals surface area contributed by atoms with Crippen LogP contribution >= 0.6 is 0 Å². The molecule has 0 aliphatic carbocycles. The molecule has 0 saturated heterocycles. The van der Waals surface area contributed by atoms with E-state index >= 15 is 0 Å². The second-order valence-electron chi connectivity index (χ2n) is 3.43. The van der Waals surface area contributed by atoms with Crippen molar-refractivity contribution in [2.45, 2.75) is 32.8 Å². The van der Waals surface area contributed by atoms with E-state index in [2.05, 4.69) is 0 Å². The maximum atomic E-state index is 11.1. The molecule has 1 N–H and O–H groups in total. The van der Waals surface area contributed by atoms with Gasteiger partial charge >= 0.3 is 5.63 Å². The Hall–Kier alpha value is -1.29. The van der Waals surface area contributed by atoms with Gasteiger partial charge in [0.25, 0.3) is 0 Å². The molecule has 4 heteroatoms. The van der Waals surface area contributed by atoms with Crippen LogP contribution in [0.25, 0.3) is 0 Å². The molecule has 0 bridgehead atoms. The van der Waals surface area contributed by atoms with Crippen LogP contribution in [0.5, 0.6) is 5.75 Å². The first kappa shape index (κ1) is 11.8. The summed E-state index contributed by atoms with van der Waals surface area (Å²) >= 11 is 0. The predicted molar refractivity (Wildman–Crippen MR) is 56.3 cm³/mol. The average molecular weight is 212 g/mol. The average Bonchev–Trinajstić information content (AvgIpc) is 2.21. The molecule has 0 spiro atoms. The van der Waals surface area contributed by atoms with Gasteiger partial charge in [0.05, 0.1) is 19.3 Å². The molecular weight excluding hydrogens is 196 g/mol. The summed E-state index contributed by atoms with van der Waals surface area (Å²) < 4.78 is 10.0. The lowest BCUT2D eigenvalue weighted by molar-refractivity contribution is 0.168. The van der Waals surface area contributed by atoms with E-state index in [0.717, 1.165) is 5.56 Å². The molecule has 84 valence electrons. The fraction of sp³-hybridized carbons (Fsp3) is 0.545. The monoisotopic (exact) mass is 212 g/mol. The van der Waals surface area contributed by atoms with Crippen molar-refractivity contribution in [2.75, 3.05) is 7.11 Å². The summed E-state index contributed by atoms with van der Waals surface area (Å²) in [6, 6.07) is 1.30. The quantitative estimate of drug-likeness (QED) is 0.816. The van der Waals surface area contributed by atoms with E-state index in [4.69, 9.17) is 9.15 Å². The highest BCUT2D eigenvalue weighted by Gasteiger charge is 2.13. The number of aliphatic hydroxyl groups is 1. The molecule has 0 saturated carbocycles. The Morgan fingerprint density at radius 3 is 2.80 bits per heavy atom. The minimum atomic E-state index is -0.440. The minimum Gasteiger partial charge on any atom is -0.496 e. The molecule has 15 heavy (non-hydrogen) atoms. The van der Waals surface area contributed by atoms with E-state index < -0.39 is 11.7 Å². The predicted octanol–water partition coefficient (Wildman–Crippen LogP) is 1.27. The van der Waals surface area contributed by atoms with Crippen LogP contribution in [0, 0.1) is 6.92 Å². The highest BCUT2D eigenvalue weighted by Crippen LogP contribution is 2.21. The van der Waals surface area contributed by atoms with E-state index in [0.29, 0.717) is 24.4 Å². The smallest absolute Gasteiger partial charge is 0.339 e. The molecule has 0 aliphatic heterocycles. The van der Waals surface area contributed by atoms with Crippen molar-refractivity contribution in [1.82, 2.24) is 0 Å². The van der Waals surface area contributed by atoms with Gasteiger partial charge in [-0.15, -0.1) is 0 Å². The topological polar surface area (TPSA) is 59.7 Å². The third kappa shape index (κ3) is 2.83. The minimum absolute atomic E-state index is 0.431. The van der Waals surface area contributed by atoms with Gasteiger partial charge < -0.3 is 14.3 Å². The Balaban J connectivity index is 3.09. The van der Waals surface area contributed by atoms with E-state index in [-0.39, 0.29) is 0 Å². The number of hydrogen-bond acceptors (Lipinski definition) is 4. The van der Waals surface area contributed by atoms with Gasteiger partial charge in [-0.25, -0.2) is 4.79 Å². The second kappa shape index (κ2) is 4.98. The molecule has 1 aromatic rings. The number of hydrogen-bond donors (Lipinski definition) is 1. The maximum absolute atomic E-state index is 11.1. The molecule has 0 aliphatic rings. The first-order valence-corrected chi connectivity index (χ1v) is 4.94. The van der Waals surface area contributed by atoms with Gasteiger partial charge in [-0.1, -0.05) is 6.92 Å². The van der Waals surface area contributed by atoms with Gasteiger partial charge in [0.2, 0.25) is 0 Å². The summed E-state index contributed by atoms with van der Waals surface area (Å²) in [5.74, 6) is 0.989. The van der Waals surface area contributed by atoms with Gasteiger partial charge in [-0.05, 0) is 13.3 Å². The van der Waals surface area contributed by atoms with Gasteiger partial charge in [0.1, 0.15) is 11.5 Å². The summed E-state index contributed by atoms with van der Waals surface area (Å²) in [6.07, 6.45) is 0.655. The van der Waals surface area contributed by atoms with Crippen LogP contribution in [0.4, 0.5) is 0 Å². The molecule has 1 heterocycles. The van der Waals surface area contributed by atoms with E-state index in [1.54, 1.807) is 6.92 Å². The lowest BCUT2D eigenvalue weighted by Crippen LogP contribution is -2.13. The Kier molecular flexibility index (Phi) is 3.91. The molecule has 4 nitrogen and oxygen atoms in total. The Morgan fingerprint density at radius 1 is 1.60 bits per heavy atom. The van der Waals surface area contributed by atoms with Crippen LogP contribution in [-0.4, -0.2) is 18.3 Å². The third-order valence-electron chi connectivity index (χ3n) is 2.36. The fourth-order valence-corrected chi connectivity index (χ4v) is 1.42. The van der Waals surface area contributed by atoms with Crippen LogP contribution in [-0.2, 0) is 6.42 Å². The summed E-state index contributed by atoms with van der Waals surface area (Å²) in [5, 5.41) is 9.55. The molecule has 1 atom stereocenters. The molecular formula is C11H16O4. The van der Waals surface area contributed by atoms with Crippen LogP contribution < -0.4 is 10.4 Å². The van der Waals surface area contributed by atoms with E-state index in [1.807, 2.05) is 6.92 Å². The second-order valence-corrected chi connectivity index (χ2v) is 3.43. The van der Waals surface area contributed by atoms with Crippen molar-refractivity contribution < 1.29 is 14.3 Å². The van der Waals surface area contributed by atoms with Gasteiger partial charge in [0, 0.05) is 12.0 Å². The molecule has 1 rings (SSSR count). The standard InChI is InChI=1S/C11H16O4/c1-4-8(12)5-9-7(2)15-11(13)6-10(9)14-3/h6,8,12H,4-5H2,1-3H3/t8-/m1/s1. The van der Waals surface area contributed by atoms with Crippen LogP contribution in [0.15, 0.2) is 15.3 Å². The summed E-state index contributed by atoms with van der Waals surface area (Å²) in [6.45, 7) is 3.59. The number of aliphatic hydroxyl groups excluding tert-OH is 1. The first-order valence-electron chi connectivity index (χ1n) is 4.94. The Bertz CT molecular complexity index is 381. The normalized spacial score (nSPS) is 12.5. The zero-order valence-electron chi connectivity index (χ0n) is 9.24. The molecule has 0 fully saturated rings. The highest BCUT2D eigenvalue weighted by molar-refractivity contribution is 5.34. The summed E-state index contributed by atoms with van der Waals surface area (Å²) in [7, 11) is 1.50. The van der Waals surface area contributed by atoms with E-state index in [1.165, 1.54) is 13.2 Å². The summed E-state index contributed by atoms with van der Waals surface area (Å²) in [5.41, 5.74) is 0.325. The van der Waals surface area contributed by atoms with E-state index in [9.17, 15) is 9.90 Å². The Labute approximate surface area is 88.5 Å². The number of methoxy groups -OCH3 is 1. The number of rotatable bonds is 4. The lowest BCUT2D eigenvalue weighted by Gasteiger charge is -2.12. The van der Waals surface area contributed by atoms with Gasteiger partial charge in [0.15, 0.2) is 0 Å². The fourth-order valence-electron chi connectivity index (χ4n) is 1.42. The maximum Gasteiger partial charge on any atom is 0.339 e. The third-order valence-corrected chi connectivity index (χ3v) is 2.36. The number of aryl methyl sites for hydroxylation is 1. The zero-order chi connectivity index (χ0) is 11.4. The lowest BCUT2D eigenvalue weighted by atomic mass is 10.1. The van der Waals surface area contributed by atoms with Crippen LogP contribution in [0.2, 0.25) is 0 Å². The first-order chi connectivity index (χ1) is 7.08. The molecule has 0 aromatic carbocycles. The van der Waals surface area contributed by atoms with Crippen molar-refractivity contribution in [1.29, 1.82) is 0 Å². The van der Waals surface area contributed by atoms with Crippen molar-refractivity contribution in [3.63, 3.8) is 0 Å². The SMILES string of the molecule is CC[C@@H](O)Cc1c(OC)cc(=O)oc1C. The van der Waals surface area contributed by atoms with Crippen molar-refractivity contribution in [3.8, 4) is 5.75 Å². The largest absolute Gasteiger partial charge is 0.496 e. The van der Waals surface area contributed by atoms with Crippen LogP contribution in [0.3, 0.4) is 0 Å². The Morgan fingerprint density at radius 2 is 2.27 bits per heavy atom.